The normalized spacial score (nSPS) is 10.9. The van der Waals surface area contributed by atoms with Crippen LogP contribution in [0.3, 0.4) is 0 Å². The lowest BCUT2D eigenvalue weighted by molar-refractivity contribution is 0.102. The van der Waals surface area contributed by atoms with Crippen molar-refractivity contribution in [1.82, 2.24) is 19.7 Å². The number of rotatable bonds is 6. The highest BCUT2D eigenvalue weighted by Crippen LogP contribution is 2.28. The highest BCUT2D eigenvalue weighted by molar-refractivity contribution is 6.06. The van der Waals surface area contributed by atoms with Crippen molar-refractivity contribution in [2.24, 2.45) is 7.05 Å². The Morgan fingerprint density at radius 1 is 1.03 bits per heavy atom. The predicted molar refractivity (Wildman–Crippen MR) is 144 cm³/mol. The van der Waals surface area contributed by atoms with Gasteiger partial charge < -0.3 is 21.3 Å². The van der Waals surface area contributed by atoms with Gasteiger partial charge in [0.25, 0.3) is 5.91 Å². The molecule has 0 aliphatic heterocycles. The molecule has 9 heteroatoms. The summed E-state index contributed by atoms with van der Waals surface area (Å²) < 4.78 is 1.88. The van der Waals surface area contributed by atoms with Gasteiger partial charge in [-0.1, -0.05) is 18.2 Å². The van der Waals surface area contributed by atoms with Crippen molar-refractivity contribution < 1.29 is 4.79 Å². The smallest absolute Gasteiger partial charge is 0.255 e. The van der Waals surface area contributed by atoms with Crippen molar-refractivity contribution in [3.05, 3.63) is 90.3 Å². The molecule has 2 aromatic heterocycles. The highest BCUT2D eigenvalue weighted by Gasteiger charge is 2.12. The molecule has 0 saturated carbocycles. The number of amides is 1. The maximum Gasteiger partial charge on any atom is 0.255 e. The monoisotopic (exact) mass is 478 g/mol. The van der Waals surface area contributed by atoms with Crippen LogP contribution in [0.5, 0.6) is 0 Å². The number of nitrogen functional groups attached to an aromatic ring is 1. The molecule has 0 aliphatic carbocycles. The van der Waals surface area contributed by atoms with Crippen LogP contribution in [0.4, 0.5) is 34.5 Å². The van der Waals surface area contributed by atoms with Gasteiger partial charge in [-0.2, -0.15) is 10.1 Å². The number of anilines is 6. The lowest BCUT2D eigenvalue weighted by Gasteiger charge is -2.19. The summed E-state index contributed by atoms with van der Waals surface area (Å²) >= 11 is 0. The molecule has 0 atom stereocenters. The number of carbonyl (C=O) groups excluding carboxylic acids is 1. The maximum absolute atomic E-state index is 12.7. The standard InChI is InChI=1S/C27H26N8O/c1-17-21-12-11-20(16-24(21)33-35(17)3)34(2)25-13-14-29-27(32-25)30-19-8-6-7-18(15-19)26(36)31-23-10-5-4-9-22(23)28/h4-16H,28H2,1-3H3,(H,31,36)(H,29,30,32). The summed E-state index contributed by atoms with van der Waals surface area (Å²) in [6.45, 7) is 2.05. The van der Waals surface area contributed by atoms with E-state index < -0.39 is 0 Å². The topological polar surface area (TPSA) is 114 Å². The largest absolute Gasteiger partial charge is 0.397 e. The number of fused-ring (bicyclic) bond motifs is 1. The summed E-state index contributed by atoms with van der Waals surface area (Å²) in [5.41, 5.74) is 11.2. The van der Waals surface area contributed by atoms with Gasteiger partial charge in [0.2, 0.25) is 5.95 Å². The number of carbonyl (C=O) groups is 1. The molecule has 180 valence electrons. The van der Waals surface area contributed by atoms with E-state index in [0.29, 0.717) is 34.4 Å². The van der Waals surface area contributed by atoms with Gasteiger partial charge in [-0.25, -0.2) is 4.98 Å². The van der Waals surface area contributed by atoms with E-state index in [0.717, 1.165) is 22.3 Å². The van der Waals surface area contributed by atoms with E-state index in [1.807, 2.05) is 60.1 Å². The first kappa shape index (κ1) is 22.9. The molecule has 4 N–H and O–H groups in total. The zero-order valence-electron chi connectivity index (χ0n) is 20.2. The summed E-state index contributed by atoms with van der Waals surface area (Å²) in [7, 11) is 3.89. The zero-order chi connectivity index (χ0) is 25.2. The number of benzene rings is 3. The maximum atomic E-state index is 12.7. The Morgan fingerprint density at radius 2 is 1.86 bits per heavy atom. The minimum absolute atomic E-state index is 0.258. The van der Waals surface area contributed by atoms with E-state index in [1.165, 1.54) is 0 Å². The molecule has 1 amide bonds. The van der Waals surface area contributed by atoms with E-state index in [1.54, 1.807) is 36.5 Å². The van der Waals surface area contributed by atoms with Crippen LogP contribution in [0, 0.1) is 6.92 Å². The Hall–Kier alpha value is -4.92. The molecule has 3 aromatic carbocycles. The number of aryl methyl sites for hydroxylation is 2. The van der Waals surface area contributed by atoms with Gasteiger partial charge in [0.1, 0.15) is 5.82 Å². The fourth-order valence-electron chi connectivity index (χ4n) is 3.93. The van der Waals surface area contributed by atoms with Crippen molar-refractivity contribution in [2.45, 2.75) is 6.92 Å². The molecule has 0 spiro atoms. The number of nitrogens with two attached hydrogens (primary N) is 1. The molecule has 0 aliphatic rings. The molecule has 2 heterocycles. The molecule has 5 rings (SSSR count). The van der Waals surface area contributed by atoms with Crippen LogP contribution < -0.4 is 21.3 Å². The molecule has 0 saturated heterocycles. The van der Waals surface area contributed by atoms with Gasteiger partial charge in [-0.15, -0.1) is 0 Å². The van der Waals surface area contributed by atoms with Crippen LogP contribution >= 0.6 is 0 Å². The van der Waals surface area contributed by atoms with Gasteiger partial charge in [0.15, 0.2) is 0 Å². The second kappa shape index (κ2) is 9.38. The van der Waals surface area contributed by atoms with Crippen LogP contribution in [-0.4, -0.2) is 32.7 Å². The van der Waals surface area contributed by atoms with E-state index >= 15 is 0 Å². The first-order valence-electron chi connectivity index (χ1n) is 11.4. The van der Waals surface area contributed by atoms with Crippen molar-refractivity contribution in [2.75, 3.05) is 28.3 Å². The molecule has 0 radical (unpaired) electrons. The average molecular weight is 479 g/mol. The van der Waals surface area contributed by atoms with Gasteiger partial charge in [0, 0.05) is 48.3 Å². The second-order valence-electron chi connectivity index (χ2n) is 8.46. The average Bonchev–Trinajstić information content (AvgIpc) is 3.17. The predicted octanol–water partition coefficient (Wildman–Crippen LogP) is 5.02. The van der Waals surface area contributed by atoms with E-state index in [9.17, 15) is 4.79 Å². The molecular formula is C27H26N8O. The van der Waals surface area contributed by atoms with Crippen molar-refractivity contribution in [1.29, 1.82) is 0 Å². The van der Waals surface area contributed by atoms with Crippen molar-refractivity contribution in [3.8, 4) is 0 Å². The quantitative estimate of drug-likeness (QED) is 0.294. The number of hydrogen-bond acceptors (Lipinski definition) is 7. The third-order valence-corrected chi connectivity index (χ3v) is 6.08. The van der Waals surface area contributed by atoms with Gasteiger partial charge in [-0.3, -0.25) is 9.48 Å². The molecule has 9 nitrogen and oxygen atoms in total. The molecular weight excluding hydrogens is 452 g/mol. The third-order valence-electron chi connectivity index (χ3n) is 6.08. The van der Waals surface area contributed by atoms with E-state index in [-0.39, 0.29) is 5.91 Å². The number of nitrogens with one attached hydrogen (secondary N) is 2. The lowest BCUT2D eigenvalue weighted by Crippen LogP contribution is -2.14. The molecule has 0 bridgehead atoms. The number of hydrogen-bond donors (Lipinski definition) is 3. The first-order valence-corrected chi connectivity index (χ1v) is 11.4. The Balaban J connectivity index is 1.34. The number of aromatic nitrogens is 4. The van der Waals surface area contributed by atoms with Crippen LogP contribution in [-0.2, 0) is 7.05 Å². The Morgan fingerprint density at radius 3 is 2.69 bits per heavy atom. The summed E-state index contributed by atoms with van der Waals surface area (Å²) in [4.78, 5) is 23.7. The summed E-state index contributed by atoms with van der Waals surface area (Å²) in [5, 5.41) is 11.7. The summed E-state index contributed by atoms with van der Waals surface area (Å²) in [6, 6.07) is 22.3. The molecule has 36 heavy (non-hydrogen) atoms. The minimum Gasteiger partial charge on any atom is -0.397 e. The van der Waals surface area contributed by atoms with Crippen LogP contribution in [0.2, 0.25) is 0 Å². The number of nitrogens with zero attached hydrogens (tertiary/aromatic N) is 5. The Kier molecular flexibility index (Phi) is 5.95. The first-order chi connectivity index (χ1) is 17.4. The number of para-hydroxylation sites is 2. The van der Waals surface area contributed by atoms with Crippen molar-refractivity contribution in [3.63, 3.8) is 0 Å². The zero-order valence-corrected chi connectivity index (χ0v) is 20.2. The van der Waals surface area contributed by atoms with Crippen LogP contribution in [0.1, 0.15) is 16.1 Å². The van der Waals surface area contributed by atoms with Gasteiger partial charge in [0.05, 0.1) is 16.9 Å². The Labute approximate surface area is 208 Å². The van der Waals surface area contributed by atoms with E-state index in [2.05, 4.69) is 38.7 Å². The fraction of sp³-hybridized carbons (Fsp3) is 0.111. The summed E-state index contributed by atoms with van der Waals surface area (Å²) in [5.74, 6) is 0.873. The highest BCUT2D eigenvalue weighted by atomic mass is 16.1. The van der Waals surface area contributed by atoms with Gasteiger partial charge in [-0.05, 0) is 61.5 Å². The van der Waals surface area contributed by atoms with Crippen LogP contribution in [0.15, 0.2) is 79.0 Å². The fourth-order valence-corrected chi connectivity index (χ4v) is 3.93. The Bertz CT molecular complexity index is 1580. The van der Waals surface area contributed by atoms with Crippen molar-refractivity contribution >= 4 is 51.3 Å². The third kappa shape index (κ3) is 4.54. The molecule has 5 aromatic rings. The van der Waals surface area contributed by atoms with E-state index in [4.69, 9.17) is 5.73 Å². The molecule has 0 fully saturated rings. The molecule has 0 unspecified atom stereocenters. The van der Waals surface area contributed by atoms with Crippen LogP contribution in [0.25, 0.3) is 10.9 Å². The second-order valence-corrected chi connectivity index (χ2v) is 8.46. The minimum atomic E-state index is -0.258. The SMILES string of the molecule is Cc1c2ccc(N(C)c3ccnc(Nc4cccc(C(=O)Nc5ccccc5N)c4)n3)cc2nn1C. The summed E-state index contributed by atoms with van der Waals surface area (Å²) in [6.07, 6.45) is 1.69. The lowest BCUT2D eigenvalue weighted by atomic mass is 10.1. The van der Waals surface area contributed by atoms with Gasteiger partial charge >= 0.3 is 0 Å².